The van der Waals surface area contributed by atoms with Crippen LogP contribution in [0.25, 0.3) is 0 Å². The second kappa shape index (κ2) is 4.41. The first-order chi connectivity index (χ1) is 8.23. The zero-order chi connectivity index (χ0) is 11.7. The molecule has 5 rings (SSSR count). The Morgan fingerprint density at radius 1 is 0.824 bits per heavy atom. The number of rotatable bonds is 0. The second-order valence-corrected chi connectivity index (χ2v) is 6.30. The van der Waals surface area contributed by atoms with E-state index in [2.05, 4.69) is 4.98 Å². The normalized spacial score (nSPS) is 41.8. The quantitative estimate of drug-likeness (QED) is 0.744. The van der Waals surface area contributed by atoms with Crippen LogP contribution in [-0.4, -0.2) is 10.5 Å². The first-order valence-electron chi connectivity index (χ1n) is 6.87. The lowest BCUT2D eigenvalue weighted by molar-refractivity contribution is 0.000365. The summed E-state index contributed by atoms with van der Waals surface area (Å²) in [4.78, 5) is 3.78. The molecule has 1 heterocycles. The van der Waals surface area contributed by atoms with E-state index in [1.807, 2.05) is 18.2 Å². The van der Waals surface area contributed by atoms with Gasteiger partial charge in [0.05, 0.1) is 0 Å². The van der Waals surface area contributed by atoms with Gasteiger partial charge in [0.15, 0.2) is 0 Å². The summed E-state index contributed by atoms with van der Waals surface area (Å²) in [7, 11) is 0. The van der Waals surface area contributed by atoms with Crippen molar-refractivity contribution in [2.24, 2.45) is 23.5 Å². The van der Waals surface area contributed by atoms with Crippen LogP contribution in [-0.2, 0) is 0 Å². The first-order valence-corrected chi connectivity index (χ1v) is 6.87. The zero-order valence-electron chi connectivity index (χ0n) is 10.4. The van der Waals surface area contributed by atoms with E-state index in [1.54, 1.807) is 12.4 Å². The molecule has 0 radical (unpaired) electrons. The highest BCUT2D eigenvalue weighted by atomic mass is 14.8. The van der Waals surface area contributed by atoms with Crippen molar-refractivity contribution in [2.75, 3.05) is 0 Å². The first kappa shape index (κ1) is 11.2. The highest BCUT2D eigenvalue weighted by molar-refractivity contribution is 5.04. The average molecular weight is 230 g/mol. The molecule has 0 spiro atoms. The lowest BCUT2D eigenvalue weighted by Crippen LogP contribution is -2.55. The van der Waals surface area contributed by atoms with E-state index in [9.17, 15) is 0 Å². The van der Waals surface area contributed by atoms with Crippen LogP contribution in [0.3, 0.4) is 0 Å². The van der Waals surface area contributed by atoms with E-state index in [1.165, 1.54) is 38.5 Å². The summed E-state index contributed by atoms with van der Waals surface area (Å²) >= 11 is 0. The molecule has 4 fully saturated rings. The Morgan fingerprint density at radius 2 is 1.29 bits per heavy atom. The lowest BCUT2D eigenvalue weighted by Gasteiger charge is -2.55. The van der Waals surface area contributed by atoms with Gasteiger partial charge in [-0.3, -0.25) is 4.98 Å². The largest absolute Gasteiger partial charge is 0.325 e. The molecule has 0 aromatic carbocycles. The Balaban J connectivity index is 0.000000129. The van der Waals surface area contributed by atoms with Crippen LogP contribution < -0.4 is 5.73 Å². The Labute approximate surface area is 104 Å². The van der Waals surface area contributed by atoms with Gasteiger partial charge in [-0.25, -0.2) is 0 Å². The minimum atomic E-state index is 0.300. The zero-order valence-corrected chi connectivity index (χ0v) is 10.4. The molecule has 2 nitrogen and oxygen atoms in total. The van der Waals surface area contributed by atoms with Gasteiger partial charge in [-0.2, -0.15) is 0 Å². The third-order valence-electron chi connectivity index (χ3n) is 4.65. The van der Waals surface area contributed by atoms with Crippen LogP contribution >= 0.6 is 0 Å². The Morgan fingerprint density at radius 3 is 1.53 bits per heavy atom. The van der Waals surface area contributed by atoms with Gasteiger partial charge in [0.1, 0.15) is 0 Å². The van der Waals surface area contributed by atoms with E-state index in [4.69, 9.17) is 5.73 Å². The van der Waals surface area contributed by atoms with Gasteiger partial charge < -0.3 is 5.73 Å². The minimum absolute atomic E-state index is 0.300. The number of pyridine rings is 1. The fourth-order valence-corrected chi connectivity index (χ4v) is 4.49. The summed E-state index contributed by atoms with van der Waals surface area (Å²) in [5.74, 6) is 3.06. The van der Waals surface area contributed by atoms with Gasteiger partial charge >= 0.3 is 0 Å². The van der Waals surface area contributed by atoms with Gasteiger partial charge in [-0.1, -0.05) is 6.07 Å². The standard InChI is InChI=1S/C10H17N.C5H5N/c11-10-4-7-1-8(5-10)3-9(2-7)6-10;1-2-4-6-5-3-1/h7-9H,1-6,11H2;1-5H. The molecule has 17 heavy (non-hydrogen) atoms. The van der Waals surface area contributed by atoms with Crippen LogP contribution in [0.1, 0.15) is 38.5 Å². The smallest absolute Gasteiger partial charge is 0.0267 e. The third kappa shape index (κ3) is 2.52. The Hall–Kier alpha value is -0.890. The van der Waals surface area contributed by atoms with Crippen LogP contribution in [0, 0.1) is 17.8 Å². The lowest BCUT2D eigenvalue weighted by atomic mass is 9.53. The third-order valence-corrected chi connectivity index (χ3v) is 4.65. The summed E-state index contributed by atoms with van der Waals surface area (Å²) < 4.78 is 0. The molecule has 0 aliphatic heterocycles. The van der Waals surface area contributed by atoms with Crippen molar-refractivity contribution in [3.05, 3.63) is 30.6 Å². The molecule has 1 aromatic rings. The minimum Gasteiger partial charge on any atom is -0.325 e. The van der Waals surface area contributed by atoms with Crippen molar-refractivity contribution in [1.82, 2.24) is 4.98 Å². The molecule has 2 N–H and O–H groups in total. The number of nitrogens with zero attached hydrogens (tertiary/aromatic N) is 1. The maximum absolute atomic E-state index is 6.32. The summed E-state index contributed by atoms with van der Waals surface area (Å²) in [6.45, 7) is 0. The number of hydrogen-bond acceptors (Lipinski definition) is 2. The second-order valence-electron chi connectivity index (χ2n) is 6.30. The van der Waals surface area contributed by atoms with Crippen molar-refractivity contribution in [3.8, 4) is 0 Å². The molecule has 0 saturated heterocycles. The summed E-state index contributed by atoms with van der Waals surface area (Å²) in [6.07, 6.45) is 12.1. The number of nitrogens with two attached hydrogens (primary N) is 1. The molecule has 0 amide bonds. The number of hydrogen-bond donors (Lipinski definition) is 1. The van der Waals surface area contributed by atoms with Crippen molar-refractivity contribution in [2.45, 2.75) is 44.1 Å². The van der Waals surface area contributed by atoms with E-state index >= 15 is 0 Å². The molecule has 4 aliphatic rings. The van der Waals surface area contributed by atoms with Gasteiger partial charge in [-0.05, 0) is 68.4 Å². The fraction of sp³-hybridized carbons (Fsp3) is 0.667. The monoisotopic (exact) mass is 230 g/mol. The molecule has 1 aromatic heterocycles. The van der Waals surface area contributed by atoms with Gasteiger partial charge in [0, 0.05) is 17.9 Å². The highest BCUT2D eigenvalue weighted by Crippen LogP contribution is 2.54. The molecule has 4 aliphatic carbocycles. The highest BCUT2D eigenvalue weighted by Gasteiger charge is 2.48. The molecule has 2 heteroatoms. The molecule has 4 bridgehead atoms. The predicted molar refractivity (Wildman–Crippen MR) is 69.3 cm³/mol. The maximum atomic E-state index is 6.32. The van der Waals surface area contributed by atoms with Crippen LogP contribution in [0.4, 0.5) is 0 Å². The predicted octanol–water partition coefficient (Wildman–Crippen LogP) is 3.00. The summed E-state index contributed by atoms with van der Waals surface area (Å²) in [6, 6.07) is 5.72. The SMILES string of the molecule is NC12CC3CC(CC(C3)C1)C2.c1ccncc1. The molecule has 0 atom stereocenters. The maximum Gasteiger partial charge on any atom is 0.0267 e. The van der Waals surface area contributed by atoms with E-state index in [0.717, 1.165) is 17.8 Å². The van der Waals surface area contributed by atoms with E-state index < -0.39 is 0 Å². The number of aromatic nitrogens is 1. The van der Waals surface area contributed by atoms with Crippen molar-refractivity contribution < 1.29 is 0 Å². The van der Waals surface area contributed by atoms with Gasteiger partial charge in [0.25, 0.3) is 0 Å². The van der Waals surface area contributed by atoms with E-state index in [0.29, 0.717) is 5.54 Å². The van der Waals surface area contributed by atoms with Crippen LogP contribution in [0.15, 0.2) is 30.6 Å². The van der Waals surface area contributed by atoms with Crippen molar-refractivity contribution in [3.63, 3.8) is 0 Å². The summed E-state index contributed by atoms with van der Waals surface area (Å²) in [5, 5.41) is 0. The van der Waals surface area contributed by atoms with Crippen LogP contribution in [0.2, 0.25) is 0 Å². The Kier molecular flexibility index (Phi) is 2.91. The van der Waals surface area contributed by atoms with Gasteiger partial charge in [-0.15, -0.1) is 0 Å². The van der Waals surface area contributed by atoms with Gasteiger partial charge in [0.2, 0.25) is 0 Å². The van der Waals surface area contributed by atoms with E-state index in [-0.39, 0.29) is 0 Å². The molecular weight excluding hydrogens is 208 g/mol. The Bertz CT molecular complexity index is 298. The van der Waals surface area contributed by atoms with Crippen LogP contribution in [0.5, 0.6) is 0 Å². The molecular formula is C15H22N2. The van der Waals surface area contributed by atoms with Crippen molar-refractivity contribution in [1.29, 1.82) is 0 Å². The fourth-order valence-electron chi connectivity index (χ4n) is 4.49. The average Bonchev–Trinajstić information content (AvgIpc) is 2.28. The summed E-state index contributed by atoms with van der Waals surface area (Å²) in [5.41, 5.74) is 6.62. The van der Waals surface area contributed by atoms with Crippen molar-refractivity contribution >= 4 is 0 Å². The topological polar surface area (TPSA) is 38.9 Å². The molecule has 92 valence electrons. The molecule has 0 unspecified atom stereocenters. The molecule has 4 saturated carbocycles.